The van der Waals surface area contributed by atoms with Gasteiger partial charge in [0.25, 0.3) is 0 Å². The summed E-state index contributed by atoms with van der Waals surface area (Å²) in [5.74, 6) is -0.779. The average Bonchev–Trinajstić information content (AvgIpc) is 3.07. The molecule has 4 rings (SSSR count). The molecule has 0 radical (unpaired) electrons. The lowest BCUT2D eigenvalue weighted by Gasteiger charge is -2.41. The van der Waals surface area contributed by atoms with Gasteiger partial charge in [0.15, 0.2) is 5.11 Å². The topological polar surface area (TPSA) is 97.7 Å². The second kappa shape index (κ2) is 8.23. The van der Waals surface area contributed by atoms with Crippen LogP contribution in [0.2, 0.25) is 5.02 Å². The van der Waals surface area contributed by atoms with Gasteiger partial charge in [-0.2, -0.15) is 0 Å². The Bertz CT molecular complexity index is 898. The quantitative estimate of drug-likeness (QED) is 0.539. The fourth-order valence-corrected chi connectivity index (χ4v) is 4.55. The summed E-state index contributed by atoms with van der Waals surface area (Å²) in [4.78, 5) is 18.9. The highest BCUT2D eigenvalue weighted by Crippen LogP contribution is 2.37. The highest BCUT2D eigenvalue weighted by atomic mass is 35.5. The molecule has 0 unspecified atom stereocenters. The Morgan fingerprint density at radius 1 is 1.31 bits per heavy atom. The van der Waals surface area contributed by atoms with E-state index in [0.29, 0.717) is 16.7 Å². The number of aliphatic hydroxyl groups excluding tert-OH is 2. The van der Waals surface area contributed by atoms with Gasteiger partial charge in [0.1, 0.15) is 6.10 Å². The Balaban J connectivity index is 1.60. The Morgan fingerprint density at radius 3 is 2.76 bits per heavy atom. The maximum Gasteiger partial charge on any atom is 0.225 e. The van der Waals surface area contributed by atoms with Gasteiger partial charge in [-0.15, -0.1) is 0 Å². The van der Waals surface area contributed by atoms with Gasteiger partial charge in [0, 0.05) is 29.6 Å². The van der Waals surface area contributed by atoms with Crippen LogP contribution < -0.4 is 15.5 Å². The summed E-state index contributed by atoms with van der Waals surface area (Å²) in [6.07, 6.45) is 1.44. The molecule has 1 aliphatic carbocycles. The SMILES string of the molecule is O=C(NCc1cccnc1)[C@H]1C[C@@H](O)[C@H](O)[C@H]2NC(=S)N(c3ccc(Cl)cc3)[C@@H]21. The van der Waals surface area contributed by atoms with E-state index in [1.165, 1.54) is 0 Å². The number of aliphatic hydroxyl groups is 2. The van der Waals surface area contributed by atoms with E-state index in [0.717, 1.165) is 11.3 Å². The number of anilines is 1. The van der Waals surface area contributed by atoms with E-state index in [2.05, 4.69) is 15.6 Å². The van der Waals surface area contributed by atoms with Crippen LogP contribution in [0.5, 0.6) is 0 Å². The molecule has 4 N–H and O–H groups in total. The number of hydrogen-bond acceptors (Lipinski definition) is 5. The van der Waals surface area contributed by atoms with Crippen molar-refractivity contribution in [1.82, 2.24) is 15.6 Å². The first-order valence-corrected chi connectivity index (χ1v) is 10.1. The normalized spacial score (nSPS) is 28.6. The average molecular weight is 433 g/mol. The number of halogens is 1. The molecular formula is C20H21ClN4O3S. The van der Waals surface area contributed by atoms with Crippen LogP contribution in [0.15, 0.2) is 48.8 Å². The molecule has 152 valence electrons. The summed E-state index contributed by atoms with van der Waals surface area (Å²) in [5.41, 5.74) is 1.65. The largest absolute Gasteiger partial charge is 0.390 e. The highest BCUT2D eigenvalue weighted by molar-refractivity contribution is 7.80. The third kappa shape index (κ3) is 3.93. The molecule has 5 atom stereocenters. The van der Waals surface area contributed by atoms with E-state index >= 15 is 0 Å². The number of benzene rings is 1. The van der Waals surface area contributed by atoms with Crippen LogP contribution in [0.3, 0.4) is 0 Å². The van der Waals surface area contributed by atoms with Gasteiger partial charge in [-0.3, -0.25) is 9.78 Å². The number of fused-ring (bicyclic) bond motifs is 1. The molecular weight excluding hydrogens is 412 g/mol. The standard InChI is InChI=1S/C20H21ClN4O3S/c21-12-3-5-13(6-4-12)25-17-14(8-15(26)18(27)16(17)24-20(25)29)19(28)23-10-11-2-1-7-22-9-11/h1-7,9,14-18,26-27H,8,10H2,(H,23,28)(H,24,29)/t14-,15+,16-,17+,18-/m0/s1. The lowest BCUT2D eigenvalue weighted by molar-refractivity contribution is -0.131. The number of thiocarbonyl (C=S) groups is 1. The minimum Gasteiger partial charge on any atom is -0.390 e. The molecule has 2 aliphatic rings. The summed E-state index contributed by atoms with van der Waals surface area (Å²) in [6, 6.07) is 9.83. The van der Waals surface area contributed by atoms with Crippen LogP contribution in [0.25, 0.3) is 0 Å². The molecule has 2 aromatic rings. The van der Waals surface area contributed by atoms with Crippen LogP contribution in [-0.2, 0) is 11.3 Å². The number of aromatic nitrogens is 1. The zero-order valence-electron chi connectivity index (χ0n) is 15.4. The molecule has 1 amide bonds. The second-order valence-corrected chi connectivity index (χ2v) is 8.11. The van der Waals surface area contributed by atoms with Gasteiger partial charge in [-0.05, 0) is 54.5 Å². The second-order valence-electron chi connectivity index (χ2n) is 7.29. The summed E-state index contributed by atoms with van der Waals surface area (Å²) >= 11 is 11.5. The van der Waals surface area contributed by atoms with Crippen molar-refractivity contribution in [2.45, 2.75) is 37.3 Å². The number of nitrogens with one attached hydrogen (secondary N) is 2. The van der Waals surface area contributed by atoms with Crippen LogP contribution in [0.1, 0.15) is 12.0 Å². The van der Waals surface area contributed by atoms with E-state index in [9.17, 15) is 15.0 Å². The first kappa shape index (κ1) is 20.0. The molecule has 1 saturated heterocycles. The predicted molar refractivity (Wildman–Crippen MR) is 113 cm³/mol. The van der Waals surface area contributed by atoms with Gasteiger partial charge < -0.3 is 25.7 Å². The van der Waals surface area contributed by atoms with Gasteiger partial charge in [-0.25, -0.2) is 0 Å². The van der Waals surface area contributed by atoms with Gasteiger partial charge in [-0.1, -0.05) is 17.7 Å². The zero-order chi connectivity index (χ0) is 20.5. The van der Waals surface area contributed by atoms with Crippen molar-refractivity contribution in [2.75, 3.05) is 4.90 Å². The molecule has 7 nitrogen and oxygen atoms in total. The lowest BCUT2D eigenvalue weighted by atomic mass is 9.77. The number of carbonyl (C=O) groups is 1. The Labute approximate surface area is 178 Å². The summed E-state index contributed by atoms with van der Waals surface area (Å²) < 4.78 is 0. The first-order chi connectivity index (χ1) is 14.0. The molecule has 9 heteroatoms. The minimum absolute atomic E-state index is 0.135. The number of rotatable bonds is 4. The van der Waals surface area contributed by atoms with Crippen LogP contribution in [0.4, 0.5) is 5.69 Å². The number of carbonyl (C=O) groups excluding carboxylic acids is 1. The maximum atomic E-state index is 13.1. The number of nitrogens with zero attached hydrogens (tertiary/aromatic N) is 2. The van der Waals surface area contributed by atoms with E-state index in [1.807, 2.05) is 23.1 Å². The van der Waals surface area contributed by atoms with Gasteiger partial charge >= 0.3 is 0 Å². The van der Waals surface area contributed by atoms with Crippen molar-refractivity contribution in [3.05, 3.63) is 59.4 Å². The predicted octanol–water partition coefficient (Wildman–Crippen LogP) is 1.22. The van der Waals surface area contributed by atoms with Crippen molar-refractivity contribution in [3.63, 3.8) is 0 Å². The van der Waals surface area contributed by atoms with Crippen molar-refractivity contribution in [3.8, 4) is 0 Å². The summed E-state index contributed by atoms with van der Waals surface area (Å²) in [5, 5.41) is 27.9. The van der Waals surface area contributed by atoms with E-state index < -0.39 is 30.2 Å². The van der Waals surface area contributed by atoms with Crippen LogP contribution in [0, 0.1) is 5.92 Å². The van der Waals surface area contributed by atoms with Crippen molar-refractivity contribution >= 4 is 40.5 Å². The number of amides is 1. The molecule has 1 aliphatic heterocycles. The zero-order valence-corrected chi connectivity index (χ0v) is 17.0. The summed E-state index contributed by atoms with van der Waals surface area (Å²) in [7, 11) is 0. The fraction of sp³-hybridized carbons (Fsp3) is 0.350. The van der Waals surface area contributed by atoms with E-state index in [-0.39, 0.29) is 12.3 Å². The smallest absolute Gasteiger partial charge is 0.225 e. The van der Waals surface area contributed by atoms with Crippen LogP contribution in [-0.4, -0.2) is 50.5 Å². The molecule has 2 heterocycles. The third-order valence-electron chi connectivity index (χ3n) is 5.48. The molecule has 0 bridgehead atoms. The Hall–Kier alpha value is -2.26. The molecule has 1 aromatic carbocycles. The van der Waals surface area contributed by atoms with E-state index in [4.69, 9.17) is 23.8 Å². The molecule has 2 fully saturated rings. The first-order valence-electron chi connectivity index (χ1n) is 9.34. The summed E-state index contributed by atoms with van der Waals surface area (Å²) in [6.45, 7) is 0.331. The van der Waals surface area contributed by atoms with Crippen LogP contribution >= 0.6 is 23.8 Å². The van der Waals surface area contributed by atoms with Crippen molar-refractivity contribution in [2.24, 2.45) is 5.92 Å². The monoisotopic (exact) mass is 432 g/mol. The Morgan fingerprint density at radius 2 is 2.07 bits per heavy atom. The van der Waals surface area contributed by atoms with E-state index in [1.54, 1.807) is 30.6 Å². The molecule has 0 spiro atoms. The number of hydrogen-bond donors (Lipinski definition) is 4. The van der Waals surface area contributed by atoms with Gasteiger partial charge in [0.2, 0.25) is 5.91 Å². The third-order valence-corrected chi connectivity index (χ3v) is 6.04. The molecule has 1 aromatic heterocycles. The molecule has 29 heavy (non-hydrogen) atoms. The maximum absolute atomic E-state index is 13.1. The van der Waals surface area contributed by atoms with Crippen molar-refractivity contribution < 1.29 is 15.0 Å². The number of pyridine rings is 1. The van der Waals surface area contributed by atoms with Crippen molar-refractivity contribution in [1.29, 1.82) is 0 Å². The lowest BCUT2D eigenvalue weighted by Crippen LogP contribution is -2.60. The minimum atomic E-state index is -1.03. The molecule has 1 saturated carbocycles. The fourth-order valence-electron chi connectivity index (χ4n) is 4.07. The van der Waals surface area contributed by atoms with Gasteiger partial charge in [0.05, 0.1) is 24.1 Å². The highest BCUT2D eigenvalue weighted by Gasteiger charge is 2.53. The Kier molecular flexibility index (Phi) is 5.69.